The molecule has 1 aliphatic carbocycles. The van der Waals surface area contributed by atoms with Crippen LogP contribution in [-0.2, 0) is 11.2 Å². The van der Waals surface area contributed by atoms with Gasteiger partial charge in [-0.1, -0.05) is 48.6 Å². The molecule has 5 heteroatoms. The topological polar surface area (TPSA) is 20.3 Å². The number of likely N-dealkylation sites (N-methyl/N-ethyl adjacent to an activating group) is 1. The van der Waals surface area contributed by atoms with E-state index in [1.807, 2.05) is 36.4 Å². The molecule has 146 valence electrons. The summed E-state index contributed by atoms with van der Waals surface area (Å²) in [6.45, 7) is 1.54. The number of hydrogen-bond acceptors (Lipinski definition) is 1. The molecule has 1 aliphatic rings. The standard InChI is InChI=1S/C23H22F3NO/c1-15(20-13-19(24)14-21(25)23(20)26)27(2)22(28)12-16-8-10-18(11-9-16)17-6-4-3-5-7-17/h3-6,8-11,13-15,17H,7,12H2,1-2H3. The zero-order valence-electron chi connectivity index (χ0n) is 15.8. The largest absolute Gasteiger partial charge is 0.339 e. The van der Waals surface area contributed by atoms with Crippen LogP contribution in [0.15, 0.2) is 60.7 Å². The van der Waals surface area contributed by atoms with Crippen LogP contribution in [0.5, 0.6) is 0 Å². The Bertz CT molecular complexity index is 918. The van der Waals surface area contributed by atoms with Crippen LogP contribution in [0.3, 0.4) is 0 Å². The van der Waals surface area contributed by atoms with Crippen LogP contribution in [-0.4, -0.2) is 17.9 Å². The second-order valence-corrected chi connectivity index (χ2v) is 7.05. The lowest BCUT2D eigenvalue weighted by molar-refractivity contribution is -0.131. The van der Waals surface area contributed by atoms with E-state index in [9.17, 15) is 18.0 Å². The first-order chi connectivity index (χ1) is 13.4. The van der Waals surface area contributed by atoms with Crippen molar-refractivity contribution < 1.29 is 18.0 Å². The molecular weight excluding hydrogens is 363 g/mol. The third kappa shape index (κ3) is 4.35. The Kier molecular flexibility index (Phi) is 6.02. The lowest BCUT2D eigenvalue weighted by atomic mass is 9.92. The predicted octanol–water partition coefficient (Wildman–Crippen LogP) is 5.47. The summed E-state index contributed by atoms with van der Waals surface area (Å²) in [4.78, 5) is 13.9. The second kappa shape index (κ2) is 8.46. The van der Waals surface area contributed by atoms with Crippen LogP contribution >= 0.6 is 0 Å². The van der Waals surface area contributed by atoms with Crippen molar-refractivity contribution in [1.29, 1.82) is 0 Å². The molecule has 28 heavy (non-hydrogen) atoms. The van der Waals surface area contributed by atoms with Crippen molar-refractivity contribution in [3.05, 3.63) is 94.8 Å². The van der Waals surface area contributed by atoms with Crippen LogP contribution in [0.2, 0.25) is 0 Å². The van der Waals surface area contributed by atoms with E-state index < -0.39 is 23.5 Å². The number of carbonyl (C=O) groups excluding carboxylic acids is 1. The Morgan fingerprint density at radius 1 is 1.14 bits per heavy atom. The number of nitrogens with zero attached hydrogens (tertiary/aromatic N) is 1. The molecule has 0 N–H and O–H groups in total. The highest BCUT2D eigenvalue weighted by atomic mass is 19.2. The monoisotopic (exact) mass is 385 g/mol. The Morgan fingerprint density at radius 2 is 1.86 bits per heavy atom. The van der Waals surface area contributed by atoms with Gasteiger partial charge in [-0.2, -0.15) is 0 Å². The van der Waals surface area contributed by atoms with Crippen molar-refractivity contribution in [2.24, 2.45) is 0 Å². The first kappa shape index (κ1) is 19.9. The molecule has 2 aromatic carbocycles. The van der Waals surface area contributed by atoms with Crippen molar-refractivity contribution in [2.75, 3.05) is 7.05 Å². The van der Waals surface area contributed by atoms with Crippen molar-refractivity contribution in [1.82, 2.24) is 4.90 Å². The normalized spacial score (nSPS) is 16.8. The maximum absolute atomic E-state index is 14.0. The van der Waals surface area contributed by atoms with Crippen LogP contribution in [0.4, 0.5) is 13.2 Å². The molecule has 3 rings (SSSR count). The van der Waals surface area contributed by atoms with E-state index in [1.54, 1.807) is 6.92 Å². The van der Waals surface area contributed by atoms with Crippen molar-refractivity contribution in [3.63, 3.8) is 0 Å². The van der Waals surface area contributed by atoms with E-state index in [1.165, 1.54) is 17.5 Å². The fraction of sp³-hybridized carbons (Fsp3) is 0.261. The first-order valence-electron chi connectivity index (χ1n) is 9.19. The molecule has 1 amide bonds. The molecule has 2 unspecified atom stereocenters. The van der Waals surface area contributed by atoms with Gasteiger partial charge in [0.1, 0.15) is 5.82 Å². The molecule has 0 fully saturated rings. The summed E-state index contributed by atoms with van der Waals surface area (Å²) in [6, 6.07) is 8.43. The zero-order chi connectivity index (χ0) is 20.3. The number of rotatable bonds is 5. The van der Waals surface area contributed by atoms with Crippen LogP contribution < -0.4 is 0 Å². The number of allylic oxidation sites excluding steroid dienone is 4. The number of benzene rings is 2. The van der Waals surface area contributed by atoms with Crippen molar-refractivity contribution in [2.45, 2.75) is 31.7 Å². The zero-order valence-corrected chi connectivity index (χ0v) is 15.8. The third-order valence-electron chi connectivity index (χ3n) is 5.19. The number of hydrogen-bond donors (Lipinski definition) is 0. The van der Waals surface area contributed by atoms with Crippen LogP contribution in [0.1, 0.15) is 42.0 Å². The first-order valence-corrected chi connectivity index (χ1v) is 9.19. The minimum atomic E-state index is -1.26. The maximum Gasteiger partial charge on any atom is 0.227 e. The van der Waals surface area contributed by atoms with Crippen molar-refractivity contribution >= 4 is 5.91 Å². The maximum atomic E-state index is 14.0. The Hall–Kier alpha value is -2.82. The van der Waals surface area contributed by atoms with Gasteiger partial charge in [-0.05, 0) is 30.5 Å². The second-order valence-electron chi connectivity index (χ2n) is 7.05. The highest BCUT2D eigenvalue weighted by molar-refractivity contribution is 5.79. The fourth-order valence-electron chi connectivity index (χ4n) is 3.31. The number of halogens is 3. The summed E-state index contributed by atoms with van der Waals surface area (Å²) in [6.07, 6.45) is 9.38. The summed E-state index contributed by atoms with van der Waals surface area (Å²) < 4.78 is 40.9. The Labute approximate surface area is 163 Å². The van der Waals surface area contributed by atoms with Gasteiger partial charge in [0.05, 0.1) is 12.5 Å². The van der Waals surface area contributed by atoms with E-state index >= 15 is 0 Å². The quantitative estimate of drug-likeness (QED) is 0.626. The van der Waals surface area contributed by atoms with Gasteiger partial charge in [0.25, 0.3) is 0 Å². The van der Waals surface area contributed by atoms with Gasteiger partial charge in [-0.15, -0.1) is 0 Å². The minimum absolute atomic E-state index is 0.126. The van der Waals surface area contributed by atoms with Crippen LogP contribution in [0.25, 0.3) is 0 Å². The highest BCUT2D eigenvalue weighted by Crippen LogP contribution is 2.27. The van der Waals surface area contributed by atoms with E-state index in [4.69, 9.17) is 0 Å². The molecule has 0 saturated heterocycles. The van der Waals surface area contributed by atoms with Gasteiger partial charge >= 0.3 is 0 Å². The summed E-state index contributed by atoms with van der Waals surface area (Å²) in [5, 5.41) is 0. The number of carbonyl (C=O) groups is 1. The third-order valence-corrected chi connectivity index (χ3v) is 5.19. The number of amides is 1. The summed E-state index contributed by atoms with van der Waals surface area (Å²) >= 11 is 0. The molecular formula is C23H22F3NO. The molecule has 2 nitrogen and oxygen atoms in total. The van der Waals surface area contributed by atoms with Gasteiger partial charge in [-0.3, -0.25) is 4.79 Å². The smallest absolute Gasteiger partial charge is 0.227 e. The summed E-state index contributed by atoms with van der Waals surface area (Å²) in [7, 11) is 1.50. The lowest BCUT2D eigenvalue weighted by Crippen LogP contribution is -2.31. The van der Waals surface area contributed by atoms with E-state index in [0.717, 1.165) is 18.1 Å². The van der Waals surface area contributed by atoms with Gasteiger partial charge in [0, 0.05) is 24.6 Å². The molecule has 0 aromatic heterocycles. The average Bonchev–Trinajstić information content (AvgIpc) is 2.70. The van der Waals surface area contributed by atoms with E-state index in [-0.39, 0.29) is 17.9 Å². The molecule has 2 aromatic rings. The minimum Gasteiger partial charge on any atom is -0.339 e. The SMILES string of the molecule is CC(c1cc(F)cc(F)c1F)N(C)C(=O)Cc1ccc(C2C=CC=CC2)cc1. The molecule has 2 atom stereocenters. The molecule has 0 spiro atoms. The van der Waals surface area contributed by atoms with Crippen molar-refractivity contribution in [3.8, 4) is 0 Å². The van der Waals surface area contributed by atoms with Crippen LogP contribution in [0, 0.1) is 17.5 Å². The Morgan fingerprint density at radius 3 is 2.50 bits per heavy atom. The summed E-state index contributed by atoms with van der Waals surface area (Å²) in [5.74, 6) is -3.19. The molecule has 0 radical (unpaired) electrons. The van der Waals surface area contributed by atoms with Gasteiger partial charge in [0.2, 0.25) is 5.91 Å². The molecule has 0 bridgehead atoms. The molecule has 0 saturated carbocycles. The van der Waals surface area contributed by atoms with E-state index in [0.29, 0.717) is 12.0 Å². The van der Waals surface area contributed by atoms with Gasteiger partial charge in [0.15, 0.2) is 11.6 Å². The fourth-order valence-corrected chi connectivity index (χ4v) is 3.31. The highest BCUT2D eigenvalue weighted by Gasteiger charge is 2.23. The molecule has 0 aliphatic heterocycles. The van der Waals surface area contributed by atoms with Gasteiger partial charge < -0.3 is 4.90 Å². The van der Waals surface area contributed by atoms with Gasteiger partial charge in [-0.25, -0.2) is 13.2 Å². The van der Waals surface area contributed by atoms with E-state index in [2.05, 4.69) is 12.2 Å². The Balaban J connectivity index is 1.68. The lowest BCUT2D eigenvalue weighted by Gasteiger charge is -2.26. The molecule has 0 heterocycles. The average molecular weight is 385 g/mol. The summed E-state index contributed by atoms with van der Waals surface area (Å²) in [5.41, 5.74) is 1.82. The predicted molar refractivity (Wildman–Crippen MR) is 103 cm³/mol.